The Hall–Kier alpha value is -2.45. The molecule has 4 amide bonds. The number of hydrogen-bond acceptors (Lipinski definition) is 5. The molecule has 1 saturated carbocycles. The van der Waals surface area contributed by atoms with Crippen molar-refractivity contribution in [3.05, 3.63) is 34.7 Å². The van der Waals surface area contributed by atoms with Gasteiger partial charge in [0, 0.05) is 21.9 Å². The average molecular weight is 405 g/mol. The van der Waals surface area contributed by atoms with E-state index in [0.29, 0.717) is 35.8 Å². The highest BCUT2D eigenvalue weighted by molar-refractivity contribution is 7.14. The maximum atomic E-state index is 12.6. The van der Waals surface area contributed by atoms with Crippen molar-refractivity contribution in [2.75, 3.05) is 5.32 Å². The van der Waals surface area contributed by atoms with Crippen molar-refractivity contribution in [2.45, 2.75) is 31.2 Å². The van der Waals surface area contributed by atoms with Crippen molar-refractivity contribution in [1.82, 2.24) is 15.6 Å². The van der Waals surface area contributed by atoms with Crippen molar-refractivity contribution in [3.63, 3.8) is 0 Å². The quantitative estimate of drug-likeness (QED) is 0.684. The Morgan fingerprint density at radius 1 is 1.22 bits per heavy atom. The van der Waals surface area contributed by atoms with Crippen LogP contribution in [0.2, 0.25) is 5.02 Å². The third-order valence-corrected chi connectivity index (χ3v) is 6.11. The number of rotatable bonds is 3. The second-order valence-corrected chi connectivity index (χ2v) is 8.09. The van der Waals surface area contributed by atoms with Gasteiger partial charge in [-0.05, 0) is 37.8 Å². The summed E-state index contributed by atoms with van der Waals surface area (Å²) >= 11 is 7.26. The molecule has 1 saturated heterocycles. The van der Waals surface area contributed by atoms with E-state index >= 15 is 0 Å². The number of imide groups is 1. The van der Waals surface area contributed by atoms with Crippen molar-refractivity contribution in [3.8, 4) is 11.3 Å². The summed E-state index contributed by atoms with van der Waals surface area (Å²) in [6, 6.07) is 6.89. The number of carbonyl (C=O) groups is 3. The van der Waals surface area contributed by atoms with E-state index in [-0.39, 0.29) is 17.7 Å². The maximum Gasteiger partial charge on any atom is 0.322 e. The fourth-order valence-corrected chi connectivity index (χ4v) is 4.39. The number of carbonyl (C=O) groups excluding carboxylic acids is 3. The molecule has 2 aromatic rings. The van der Waals surface area contributed by atoms with E-state index in [0.717, 1.165) is 11.3 Å². The summed E-state index contributed by atoms with van der Waals surface area (Å²) in [7, 11) is 0. The standard InChI is InChI=1S/C18H17ClN4O3S/c19-12-3-1-10(2-4-12)13-9-27-17(20-13)21-14(24)11-5-7-18(8-6-11)15(25)22-16(26)23-18/h1-4,9,11H,5-8H2,(H,20,21,24)(H2,22,23,25,26). The predicted molar refractivity (Wildman–Crippen MR) is 103 cm³/mol. The normalized spacial score (nSPS) is 24.6. The number of nitrogens with zero attached hydrogens (tertiary/aromatic N) is 1. The highest BCUT2D eigenvalue weighted by Crippen LogP contribution is 2.35. The summed E-state index contributed by atoms with van der Waals surface area (Å²) in [4.78, 5) is 40.4. The van der Waals surface area contributed by atoms with Gasteiger partial charge in [0.05, 0.1) is 5.69 Å². The fraction of sp³-hybridized carbons (Fsp3) is 0.333. The second kappa shape index (κ2) is 6.94. The number of benzene rings is 1. The molecule has 4 rings (SSSR count). The van der Waals surface area contributed by atoms with E-state index in [1.807, 2.05) is 17.5 Å². The first-order valence-corrected chi connectivity index (χ1v) is 9.87. The fourth-order valence-electron chi connectivity index (χ4n) is 3.54. The Balaban J connectivity index is 1.37. The minimum Gasteiger partial charge on any atom is -0.323 e. The zero-order valence-electron chi connectivity index (χ0n) is 14.3. The molecular formula is C18H17ClN4O3S. The van der Waals surface area contributed by atoms with E-state index in [4.69, 9.17) is 11.6 Å². The SMILES string of the molecule is O=C1NC(=O)C2(CCC(C(=O)Nc3nc(-c4ccc(Cl)cc4)cs3)CC2)N1. The van der Waals surface area contributed by atoms with Crippen LogP contribution in [-0.4, -0.2) is 28.4 Å². The number of halogens is 1. The summed E-state index contributed by atoms with van der Waals surface area (Å²) in [5.74, 6) is -0.603. The molecule has 9 heteroatoms. The average Bonchev–Trinajstić information content (AvgIpc) is 3.21. The zero-order chi connectivity index (χ0) is 19.0. The van der Waals surface area contributed by atoms with Crippen molar-refractivity contribution >= 4 is 45.9 Å². The molecule has 0 bridgehead atoms. The lowest BCUT2D eigenvalue weighted by atomic mass is 9.76. The third-order valence-electron chi connectivity index (χ3n) is 5.10. The Morgan fingerprint density at radius 2 is 1.93 bits per heavy atom. The predicted octanol–water partition coefficient (Wildman–Crippen LogP) is 3.17. The molecule has 140 valence electrons. The Kier molecular flexibility index (Phi) is 4.61. The van der Waals surface area contributed by atoms with Gasteiger partial charge in [-0.1, -0.05) is 23.7 Å². The maximum absolute atomic E-state index is 12.6. The molecule has 0 atom stereocenters. The smallest absolute Gasteiger partial charge is 0.322 e. The highest BCUT2D eigenvalue weighted by Gasteiger charge is 2.48. The lowest BCUT2D eigenvalue weighted by Crippen LogP contribution is -2.50. The van der Waals surface area contributed by atoms with E-state index < -0.39 is 11.6 Å². The molecule has 3 N–H and O–H groups in total. The third kappa shape index (κ3) is 3.54. The van der Waals surface area contributed by atoms with Crippen LogP contribution in [0.3, 0.4) is 0 Å². The van der Waals surface area contributed by atoms with Crippen LogP contribution in [0.15, 0.2) is 29.6 Å². The minimum absolute atomic E-state index is 0.105. The van der Waals surface area contributed by atoms with Gasteiger partial charge in [0.15, 0.2) is 5.13 Å². The topological polar surface area (TPSA) is 100 Å². The summed E-state index contributed by atoms with van der Waals surface area (Å²) in [6.45, 7) is 0. The van der Waals surface area contributed by atoms with Gasteiger partial charge in [0.25, 0.3) is 5.91 Å². The number of nitrogens with one attached hydrogen (secondary N) is 3. The molecule has 2 heterocycles. The van der Waals surface area contributed by atoms with Gasteiger partial charge in [-0.3, -0.25) is 14.9 Å². The molecule has 0 radical (unpaired) electrons. The van der Waals surface area contributed by atoms with Crippen LogP contribution in [0.1, 0.15) is 25.7 Å². The number of thiazole rings is 1. The minimum atomic E-state index is -0.850. The largest absolute Gasteiger partial charge is 0.323 e. The number of hydrogen-bond donors (Lipinski definition) is 3. The first-order valence-electron chi connectivity index (χ1n) is 8.61. The molecule has 1 aromatic carbocycles. The van der Waals surface area contributed by atoms with Crippen LogP contribution in [0.4, 0.5) is 9.93 Å². The lowest BCUT2D eigenvalue weighted by Gasteiger charge is -2.33. The van der Waals surface area contributed by atoms with Crippen LogP contribution in [0.25, 0.3) is 11.3 Å². The molecule has 1 aliphatic carbocycles. The molecule has 27 heavy (non-hydrogen) atoms. The molecular weight excluding hydrogens is 388 g/mol. The first-order chi connectivity index (χ1) is 12.9. The van der Waals surface area contributed by atoms with Gasteiger partial charge >= 0.3 is 6.03 Å². The van der Waals surface area contributed by atoms with Crippen LogP contribution < -0.4 is 16.0 Å². The van der Waals surface area contributed by atoms with Crippen LogP contribution in [-0.2, 0) is 9.59 Å². The molecule has 1 spiro atoms. The van der Waals surface area contributed by atoms with Gasteiger partial charge in [-0.2, -0.15) is 0 Å². The number of anilines is 1. The van der Waals surface area contributed by atoms with E-state index in [2.05, 4.69) is 20.9 Å². The number of amides is 4. The summed E-state index contributed by atoms with van der Waals surface area (Å²) in [6.07, 6.45) is 1.98. The monoisotopic (exact) mass is 404 g/mol. The van der Waals surface area contributed by atoms with Gasteiger partial charge in [-0.25, -0.2) is 9.78 Å². The summed E-state index contributed by atoms with van der Waals surface area (Å²) in [5.41, 5.74) is 0.857. The molecule has 0 unspecified atom stereocenters. The molecule has 1 aromatic heterocycles. The summed E-state index contributed by atoms with van der Waals surface area (Å²) < 4.78 is 0. The molecule has 2 aliphatic rings. The van der Waals surface area contributed by atoms with Crippen molar-refractivity contribution in [1.29, 1.82) is 0 Å². The molecule has 7 nitrogen and oxygen atoms in total. The first kappa shape index (κ1) is 17.9. The van der Waals surface area contributed by atoms with E-state index in [1.165, 1.54) is 11.3 Å². The second-order valence-electron chi connectivity index (χ2n) is 6.80. The van der Waals surface area contributed by atoms with Crippen LogP contribution in [0.5, 0.6) is 0 Å². The van der Waals surface area contributed by atoms with Gasteiger partial charge < -0.3 is 10.6 Å². The van der Waals surface area contributed by atoms with E-state index in [9.17, 15) is 14.4 Å². The Bertz CT molecular complexity index is 904. The van der Waals surface area contributed by atoms with Crippen LogP contribution in [0, 0.1) is 5.92 Å². The Labute approximate surface area is 164 Å². The van der Waals surface area contributed by atoms with Gasteiger partial charge in [-0.15, -0.1) is 11.3 Å². The van der Waals surface area contributed by atoms with Crippen molar-refractivity contribution < 1.29 is 14.4 Å². The molecule has 2 fully saturated rings. The molecule has 1 aliphatic heterocycles. The van der Waals surface area contributed by atoms with E-state index in [1.54, 1.807) is 12.1 Å². The highest BCUT2D eigenvalue weighted by atomic mass is 35.5. The number of aromatic nitrogens is 1. The van der Waals surface area contributed by atoms with Crippen molar-refractivity contribution in [2.24, 2.45) is 5.92 Å². The zero-order valence-corrected chi connectivity index (χ0v) is 15.8. The van der Waals surface area contributed by atoms with Crippen LogP contribution >= 0.6 is 22.9 Å². The summed E-state index contributed by atoms with van der Waals surface area (Å²) in [5, 5.41) is 10.9. The number of urea groups is 1. The Morgan fingerprint density at radius 3 is 2.56 bits per heavy atom. The lowest BCUT2D eigenvalue weighted by molar-refractivity contribution is -0.128. The van der Waals surface area contributed by atoms with Gasteiger partial charge in [0.2, 0.25) is 5.91 Å². The van der Waals surface area contributed by atoms with Gasteiger partial charge in [0.1, 0.15) is 5.54 Å².